The van der Waals surface area contributed by atoms with Gasteiger partial charge in [0.1, 0.15) is 0 Å². The van der Waals surface area contributed by atoms with Gasteiger partial charge in [0, 0.05) is 5.56 Å². The molecule has 2 aromatic carbocycles. The number of para-hydroxylation sites is 1. The number of benzene rings is 2. The molecule has 0 saturated carbocycles. The molecule has 2 rings (SSSR count). The maximum Gasteiger partial charge on any atom is 0.338 e. The number of ether oxygens (including phenoxy) is 1. The van der Waals surface area contributed by atoms with Crippen molar-refractivity contribution in [3.05, 3.63) is 64.7 Å². The quantitative estimate of drug-likeness (QED) is 0.676. The predicted molar refractivity (Wildman–Crippen MR) is 91.3 cm³/mol. The fourth-order valence-corrected chi connectivity index (χ4v) is 2.27. The van der Waals surface area contributed by atoms with Crippen LogP contribution in [0.4, 0.5) is 5.69 Å². The Bertz CT molecular complexity index is 796. The number of hydrogen-bond acceptors (Lipinski definition) is 4. The van der Waals surface area contributed by atoms with Crippen LogP contribution in [0.5, 0.6) is 0 Å². The van der Waals surface area contributed by atoms with Gasteiger partial charge in [0.25, 0.3) is 5.91 Å². The Labute approximate surface area is 140 Å². The largest absolute Gasteiger partial charge is 0.452 e. The first-order chi connectivity index (χ1) is 11.4. The SMILES string of the molecule is CC(=O)c1ccccc1NC(=O)COC(=O)c1cccc(C)c1C. The average molecular weight is 325 g/mol. The van der Waals surface area contributed by atoms with Crippen LogP contribution in [0.1, 0.15) is 38.8 Å². The van der Waals surface area contributed by atoms with Crippen LogP contribution in [0.25, 0.3) is 0 Å². The normalized spacial score (nSPS) is 10.1. The third kappa shape index (κ3) is 4.07. The van der Waals surface area contributed by atoms with Gasteiger partial charge in [-0.3, -0.25) is 9.59 Å². The molecule has 1 N–H and O–H groups in total. The number of esters is 1. The smallest absolute Gasteiger partial charge is 0.338 e. The molecule has 0 atom stereocenters. The van der Waals surface area contributed by atoms with Gasteiger partial charge < -0.3 is 10.1 Å². The Balaban J connectivity index is 2.00. The van der Waals surface area contributed by atoms with E-state index in [1.807, 2.05) is 19.9 Å². The Morgan fingerprint density at radius 2 is 1.62 bits per heavy atom. The molecule has 0 spiro atoms. The molecule has 2 aromatic rings. The molecule has 0 bridgehead atoms. The van der Waals surface area contributed by atoms with E-state index in [2.05, 4.69) is 5.32 Å². The first-order valence-corrected chi connectivity index (χ1v) is 7.53. The zero-order valence-electron chi connectivity index (χ0n) is 13.9. The van der Waals surface area contributed by atoms with Crippen LogP contribution in [-0.2, 0) is 9.53 Å². The van der Waals surface area contributed by atoms with Crippen molar-refractivity contribution in [3.63, 3.8) is 0 Å². The summed E-state index contributed by atoms with van der Waals surface area (Å²) in [6.45, 7) is 4.73. The molecular formula is C19H19NO4. The van der Waals surface area contributed by atoms with Gasteiger partial charge in [-0.1, -0.05) is 24.3 Å². The van der Waals surface area contributed by atoms with E-state index in [1.165, 1.54) is 6.92 Å². The highest BCUT2D eigenvalue weighted by Crippen LogP contribution is 2.16. The van der Waals surface area contributed by atoms with E-state index in [9.17, 15) is 14.4 Å². The van der Waals surface area contributed by atoms with E-state index in [0.717, 1.165) is 11.1 Å². The summed E-state index contributed by atoms with van der Waals surface area (Å²) in [5.41, 5.74) is 3.05. The highest BCUT2D eigenvalue weighted by atomic mass is 16.5. The first kappa shape index (κ1) is 17.4. The number of aryl methyl sites for hydroxylation is 1. The molecule has 124 valence electrons. The second-order valence-electron chi connectivity index (χ2n) is 5.47. The van der Waals surface area contributed by atoms with Gasteiger partial charge in [0.2, 0.25) is 0 Å². The molecule has 0 aromatic heterocycles. The highest BCUT2D eigenvalue weighted by Gasteiger charge is 2.15. The van der Waals surface area contributed by atoms with Crippen LogP contribution >= 0.6 is 0 Å². The van der Waals surface area contributed by atoms with Gasteiger partial charge in [-0.15, -0.1) is 0 Å². The third-order valence-corrected chi connectivity index (χ3v) is 3.74. The molecule has 0 aliphatic heterocycles. The number of ketones is 1. The molecule has 5 nitrogen and oxygen atoms in total. The molecule has 0 radical (unpaired) electrons. The number of amides is 1. The molecule has 0 saturated heterocycles. The molecule has 0 fully saturated rings. The van der Waals surface area contributed by atoms with Crippen molar-refractivity contribution in [2.45, 2.75) is 20.8 Å². The fraction of sp³-hybridized carbons (Fsp3) is 0.211. The van der Waals surface area contributed by atoms with Gasteiger partial charge >= 0.3 is 5.97 Å². The van der Waals surface area contributed by atoms with Crippen molar-refractivity contribution in [1.82, 2.24) is 0 Å². The van der Waals surface area contributed by atoms with E-state index < -0.39 is 18.5 Å². The second kappa shape index (κ2) is 7.55. The highest BCUT2D eigenvalue weighted by molar-refractivity contribution is 6.04. The van der Waals surface area contributed by atoms with Crippen molar-refractivity contribution in [2.24, 2.45) is 0 Å². The van der Waals surface area contributed by atoms with Crippen LogP contribution < -0.4 is 5.32 Å². The third-order valence-electron chi connectivity index (χ3n) is 3.74. The molecule has 5 heteroatoms. The topological polar surface area (TPSA) is 72.5 Å². The van der Waals surface area contributed by atoms with Crippen molar-refractivity contribution < 1.29 is 19.1 Å². The van der Waals surface area contributed by atoms with E-state index in [0.29, 0.717) is 16.8 Å². The summed E-state index contributed by atoms with van der Waals surface area (Å²) < 4.78 is 5.06. The lowest BCUT2D eigenvalue weighted by molar-refractivity contribution is -0.119. The number of carbonyl (C=O) groups excluding carboxylic acids is 3. The number of Topliss-reactive ketones (excluding diaryl/α,β-unsaturated/α-hetero) is 1. The van der Waals surface area contributed by atoms with Gasteiger partial charge in [0.15, 0.2) is 12.4 Å². The molecule has 24 heavy (non-hydrogen) atoms. The van der Waals surface area contributed by atoms with Crippen LogP contribution in [0.15, 0.2) is 42.5 Å². The van der Waals surface area contributed by atoms with Crippen molar-refractivity contribution in [2.75, 3.05) is 11.9 Å². The summed E-state index contributed by atoms with van der Waals surface area (Å²) >= 11 is 0. The van der Waals surface area contributed by atoms with Gasteiger partial charge in [0.05, 0.1) is 11.3 Å². The average Bonchev–Trinajstić information content (AvgIpc) is 2.55. The van der Waals surface area contributed by atoms with Crippen molar-refractivity contribution in [3.8, 4) is 0 Å². The predicted octanol–water partition coefficient (Wildman–Crippen LogP) is 3.30. The minimum Gasteiger partial charge on any atom is -0.452 e. The summed E-state index contributed by atoms with van der Waals surface area (Å²) in [5, 5.41) is 2.59. The fourth-order valence-electron chi connectivity index (χ4n) is 2.27. The second-order valence-corrected chi connectivity index (χ2v) is 5.47. The van der Waals surface area contributed by atoms with Crippen LogP contribution in [0, 0.1) is 13.8 Å². The molecule has 0 unspecified atom stereocenters. The Kier molecular flexibility index (Phi) is 5.47. The summed E-state index contributed by atoms with van der Waals surface area (Å²) in [7, 11) is 0. The molecule has 0 aliphatic carbocycles. The molecule has 0 heterocycles. The number of hydrogen-bond donors (Lipinski definition) is 1. The Hall–Kier alpha value is -2.95. The van der Waals surface area contributed by atoms with E-state index in [1.54, 1.807) is 36.4 Å². The summed E-state index contributed by atoms with van der Waals surface area (Å²) in [6.07, 6.45) is 0. The monoisotopic (exact) mass is 325 g/mol. The van der Waals surface area contributed by atoms with Crippen LogP contribution in [-0.4, -0.2) is 24.3 Å². The lowest BCUT2D eigenvalue weighted by atomic mass is 10.0. The minimum atomic E-state index is -0.550. The van der Waals surface area contributed by atoms with Crippen molar-refractivity contribution >= 4 is 23.3 Å². The Morgan fingerprint density at radius 3 is 2.33 bits per heavy atom. The number of anilines is 1. The van der Waals surface area contributed by atoms with Crippen LogP contribution in [0.2, 0.25) is 0 Å². The number of rotatable bonds is 5. The molecular weight excluding hydrogens is 306 g/mol. The molecule has 1 amide bonds. The van der Waals surface area contributed by atoms with Crippen LogP contribution in [0.3, 0.4) is 0 Å². The summed E-state index contributed by atoms with van der Waals surface area (Å²) in [6, 6.07) is 12.0. The van der Waals surface area contributed by atoms with E-state index in [4.69, 9.17) is 4.74 Å². The minimum absolute atomic E-state index is 0.154. The van der Waals surface area contributed by atoms with E-state index >= 15 is 0 Å². The lowest BCUT2D eigenvalue weighted by Crippen LogP contribution is -2.22. The number of nitrogens with one attached hydrogen (secondary N) is 1. The number of carbonyl (C=O) groups is 3. The van der Waals surface area contributed by atoms with Gasteiger partial charge in [-0.05, 0) is 50.1 Å². The van der Waals surface area contributed by atoms with Gasteiger partial charge in [-0.2, -0.15) is 0 Å². The zero-order chi connectivity index (χ0) is 17.7. The maximum absolute atomic E-state index is 12.1. The Morgan fingerprint density at radius 1 is 0.958 bits per heavy atom. The standard InChI is InChI=1S/C19H19NO4/c1-12-7-6-9-15(13(12)2)19(23)24-11-18(22)20-17-10-5-4-8-16(17)14(3)21/h4-10H,11H2,1-3H3,(H,20,22). The van der Waals surface area contributed by atoms with Gasteiger partial charge in [-0.25, -0.2) is 4.79 Å². The maximum atomic E-state index is 12.1. The first-order valence-electron chi connectivity index (χ1n) is 7.53. The lowest BCUT2D eigenvalue weighted by Gasteiger charge is -2.11. The van der Waals surface area contributed by atoms with E-state index in [-0.39, 0.29) is 5.78 Å². The zero-order valence-corrected chi connectivity index (χ0v) is 13.9. The summed E-state index contributed by atoms with van der Waals surface area (Å²) in [5.74, 6) is -1.20. The van der Waals surface area contributed by atoms with Crippen molar-refractivity contribution in [1.29, 1.82) is 0 Å². The molecule has 0 aliphatic rings. The summed E-state index contributed by atoms with van der Waals surface area (Å²) in [4.78, 5) is 35.6.